The number of hydrogen-bond donors (Lipinski definition) is 1. The summed E-state index contributed by atoms with van der Waals surface area (Å²) < 4.78 is 6.49. The van der Waals surface area contributed by atoms with Gasteiger partial charge in [0, 0.05) is 11.7 Å². The SMILES string of the molecule is CC(C)(C)c1ccnc(-n2c3[c-]c(C(C)(C)[n+]4[c-]n(-c5cc(C(C)(C)C)cc(C(C)(C)C)c5O)c5ccccc54)ccc3c3ccccc32)c1.[Pt+2]. The molecular weight excluding hydrogens is 808 g/mol. The number of nitrogens with zero attached hydrogens (tertiary/aromatic N) is 4. The predicted molar refractivity (Wildman–Crippen MR) is 206 cm³/mol. The standard InChI is InChI=1S/C45H49N4O.Pt/c1-42(2,3)29-22-23-46-40(27-29)49-35-17-13-12-16-32(35)33-21-20-30(25-38(33)49)45(10,11)48-28-47(36-18-14-15-19-37(36)48)39-26-31(43(4,5)6)24-34(41(39)50)44(7,8)9;/h12-24,26-27,50H,1-11H3;/q-1;+2. The summed E-state index contributed by atoms with van der Waals surface area (Å²) >= 11 is 0. The van der Waals surface area contributed by atoms with E-state index in [1.165, 1.54) is 16.5 Å². The number of para-hydroxylation sites is 3. The number of aromatic hydroxyl groups is 1. The molecule has 0 bridgehead atoms. The molecule has 6 heteroatoms. The van der Waals surface area contributed by atoms with Gasteiger partial charge in [-0.1, -0.05) is 122 Å². The zero-order valence-electron chi connectivity index (χ0n) is 31.7. The molecule has 0 spiro atoms. The van der Waals surface area contributed by atoms with Crippen LogP contribution in [0.15, 0.2) is 91.1 Å². The van der Waals surface area contributed by atoms with Gasteiger partial charge in [0.05, 0.1) is 22.3 Å². The van der Waals surface area contributed by atoms with Gasteiger partial charge < -0.3 is 18.8 Å². The Hall–Kier alpha value is -4.21. The van der Waals surface area contributed by atoms with Crippen LogP contribution in [0.5, 0.6) is 5.75 Å². The van der Waals surface area contributed by atoms with Gasteiger partial charge in [-0.3, -0.25) is 0 Å². The molecule has 3 heterocycles. The maximum Gasteiger partial charge on any atom is 2.00 e. The first-order valence-electron chi connectivity index (χ1n) is 17.6. The Morgan fingerprint density at radius 1 is 0.667 bits per heavy atom. The zero-order valence-corrected chi connectivity index (χ0v) is 34.0. The van der Waals surface area contributed by atoms with Crippen LogP contribution >= 0.6 is 0 Å². The molecule has 0 unspecified atom stereocenters. The molecule has 5 nitrogen and oxygen atoms in total. The minimum absolute atomic E-state index is 0. The van der Waals surface area contributed by atoms with E-state index in [4.69, 9.17) is 4.98 Å². The van der Waals surface area contributed by atoms with Crippen molar-refractivity contribution < 1.29 is 30.7 Å². The van der Waals surface area contributed by atoms with Crippen LogP contribution in [0.25, 0.3) is 44.3 Å². The van der Waals surface area contributed by atoms with Crippen molar-refractivity contribution in [3.8, 4) is 17.3 Å². The van der Waals surface area contributed by atoms with E-state index in [0.717, 1.165) is 50.1 Å². The Bertz CT molecular complexity index is 2430. The van der Waals surface area contributed by atoms with E-state index in [2.05, 4.69) is 183 Å². The molecule has 4 aromatic carbocycles. The Morgan fingerprint density at radius 2 is 1.31 bits per heavy atom. The van der Waals surface area contributed by atoms with Gasteiger partial charge in [0.1, 0.15) is 11.6 Å². The number of fused-ring (bicyclic) bond motifs is 4. The summed E-state index contributed by atoms with van der Waals surface area (Å²) in [6.45, 7) is 24.2. The molecular formula is C45H49N4OPt+. The predicted octanol–water partition coefficient (Wildman–Crippen LogP) is 10.4. The van der Waals surface area contributed by atoms with Gasteiger partial charge in [0.2, 0.25) is 6.33 Å². The summed E-state index contributed by atoms with van der Waals surface area (Å²) in [6.07, 6.45) is 5.64. The van der Waals surface area contributed by atoms with E-state index >= 15 is 0 Å². The molecule has 0 amide bonds. The summed E-state index contributed by atoms with van der Waals surface area (Å²) in [5, 5.41) is 14.2. The third kappa shape index (κ3) is 6.22. The van der Waals surface area contributed by atoms with E-state index in [1.807, 2.05) is 10.8 Å². The molecule has 0 aliphatic rings. The molecule has 51 heavy (non-hydrogen) atoms. The number of imidazole rings is 1. The monoisotopic (exact) mass is 856 g/mol. The van der Waals surface area contributed by atoms with E-state index in [1.54, 1.807) is 0 Å². The first kappa shape index (κ1) is 36.6. The Balaban J connectivity index is 0.00000448. The molecule has 0 saturated heterocycles. The van der Waals surface area contributed by atoms with Crippen molar-refractivity contribution in [3.05, 3.63) is 126 Å². The molecule has 0 aliphatic heterocycles. The molecule has 7 aromatic rings. The van der Waals surface area contributed by atoms with Crippen LogP contribution in [0.3, 0.4) is 0 Å². The van der Waals surface area contributed by atoms with Crippen molar-refractivity contribution in [1.29, 1.82) is 0 Å². The van der Waals surface area contributed by atoms with Crippen LogP contribution in [-0.4, -0.2) is 19.2 Å². The Kier molecular flexibility index (Phi) is 8.95. The molecule has 1 N–H and O–H groups in total. The summed E-state index contributed by atoms with van der Waals surface area (Å²) in [7, 11) is 0. The van der Waals surface area contributed by atoms with E-state index in [0.29, 0.717) is 0 Å². The first-order chi connectivity index (χ1) is 23.4. The molecule has 0 aliphatic carbocycles. The van der Waals surface area contributed by atoms with Crippen LogP contribution < -0.4 is 4.57 Å². The normalized spacial score (nSPS) is 12.9. The van der Waals surface area contributed by atoms with Crippen molar-refractivity contribution in [2.45, 2.75) is 97.9 Å². The number of hydrogen-bond acceptors (Lipinski definition) is 2. The van der Waals surface area contributed by atoms with Gasteiger partial charge in [0.25, 0.3) is 0 Å². The minimum atomic E-state index is -0.564. The second-order valence-electron chi connectivity index (χ2n) is 17.3. The Morgan fingerprint density at radius 3 is 1.98 bits per heavy atom. The summed E-state index contributed by atoms with van der Waals surface area (Å²) in [5.74, 6) is 1.17. The van der Waals surface area contributed by atoms with Crippen molar-refractivity contribution >= 4 is 32.8 Å². The second-order valence-corrected chi connectivity index (χ2v) is 17.3. The fourth-order valence-electron chi connectivity index (χ4n) is 7.07. The van der Waals surface area contributed by atoms with Crippen molar-refractivity contribution in [1.82, 2.24) is 14.1 Å². The smallest absolute Gasteiger partial charge is 0.513 e. The van der Waals surface area contributed by atoms with E-state index in [-0.39, 0.29) is 43.1 Å². The molecule has 0 atom stereocenters. The van der Waals surface area contributed by atoms with Crippen LogP contribution in [0.4, 0.5) is 0 Å². The molecule has 3 aromatic heterocycles. The average molecular weight is 857 g/mol. The van der Waals surface area contributed by atoms with E-state index in [9.17, 15) is 5.11 Å². The second kappa shape index (κ2) is 12.5. The van der Waals surface area contributed by atoms with Gasteiger partial charge in [-0.2, -0.15) is 12.1 Å². The molecule has 0 saturated carbocycles. The summed E-state index contributed by atoms with van der Waals surface area (Å²) in [6, 6.07) is 33.8. The van der Waals surface area contributed by atoms with Crippen molar-refractivity contribution in [2.75, 3.05) is 0 Å². The number of phenols is 1. The van der Waals surface area contributed by atoms with Crippen LogP contribution in [-0.2, 0) is 42.8 Å². The molecule has 264 valence electrons. The number of benzene rings is 4. The third-order valence-corrected chi connectivity index (χ3v) is 10.2. The fraction of sp³-hybridized carbons (Fsp3) is 0.333. The maximum atomic E-state index is 11.9. The van der Waals surface area contributed by atoms with Gasteiger partial charge in [-0.15, -0.1) is 17.0 Å². The van der Waals surface area contributed by atoms with Crippen LogP contribution in [0.2, 0.25) is 0 Å². The zero-order chi connectivity index (χ0) is 36.0. The number of pyridine rings is 1. The Labute approximate surface area is 317 Å². The number of rotatable bonds is 4. The van der Waals surface area contributed by atoms with Gasteiger partial charge >= 0.3 is 21.1 Å². The average Bonchev–Trinajstić information content (AvgIpc) is 3.60. The third-order valence-electron chi connectivity index (χ3n) is 10.2. The summed E-state index contributed by atoms with van der Waals surface area (Å²) in [4.78, 5) is 4.88. The van der Waals surface area contributed by atoms with E-state index < -0.39 is 5.54 Å². The van der Waals surface area contributed by atoms with Crippen LogP contribution in [0, 0.1) is 12.4 Å². The quantitative estimate of drug-likeness (QED) is 0.142. The van der Waals surface area contributed by atoms with Crippen molar-refractivity contribution in [2.24, 2.45) is 0 Å². The topological polar surface area (TPSA) is 46.9 Å². The largest absolute Gasteiger partial charge is 2.00 e. The van der Waals surface area contributed by atoms with Crippen LogP contribution in [0.1, 0.15) is 98.4 Å². The van der Waals surface area contributed by atoms with Crippen molar-refractivity contribution in [3.63, 3.8) is 0 Å². The molecule has 7 rings (SSSR count). The maximum absolute atomic E-state index is 11.9. The molecule has 0 radical (unpaired) electrons. The number of phenolic OH excluding ortho intramolecular Hbond substituents is 1. The minimum Gasteiger partial charge on any atom is -0.513 e. The number of aromatic nitrogens is 4. The summed E-state index contributed by atoms with van der Waals surface area (Å²) in [5.41, 5.74) is 8.24. The first-order valence-corrected chi connectivity index (χ1v) is 17.6. The fourth-order valence-corrected chi connectivity index (χ4v) is 7.07. The van der Waals surface area contributed by atoms with Gasteiger partial charge in [0.15, 0.2) is 0 Å². The molecule has 0 fully saturated rings. The van der Waals surface area contributed by atoms with Gasteiger partial charge in [-0.25, -0.2) is 4.98 Å². The van der Waals surface area contributed by atoms with Gasteiger partial charge in [-0.05, 0) is 70.4 Å².